The normalized spacial score (nSPS) is 11.5. The van der Waals surface area contributed by atoms with Crippen molar-refractivity contribution in [2.45, 2.75) is 0 Å². The first-order valence-corrected chi connectivity index (χ1v) is 9.48. The summed E-state index contributed by atoms with van der Waals surface area (Å²) in [5, 5.41) is 2.13. The molecule has 0 aliphatic rings. The van der Waals surface area contributed by atoms with Crippen molar-refractivity contribution in [3.8, 4) is 22.9 Å². The van der Waals surface area contributed by atoms with Gasteiger partial charge in [-0.15, -0.1) is 0 Å². The number of fused-ring (bicyclic) bond motifs is 2. The fraction of sp³-hybridized carbons (Fsp3) is 0. The fourth-order valence-electron chi connectivity index (χ4n) is 3.03. The Labute approximate surface area is 165 Å². The molecule has 0 aliphatic carbocycles. The van der Waals surface area contributed by atoms with E-state index >= 15 is 0 Å². The molecule has 6 heteroatoms. The zero-order valence-corrected chi connectivity index (χ0v) is 16.4. The molecule has 0 saturated carbocycles. The zero-order valence-electron chi connectivity index (χ0n) is 13.2. The molecule has 0 atom stereocenters. The fourth-order valence-corrected chi connectivity index (χ4v) is 4.28. The van der Waals surface area contributed by atoms with Gasteiger partial charge in [0.2, 0.25) is 0 Å². The average Bonchev–Trinajstić information content (AvgIpc) is 3.39. The van der Waals surface area contributed by atoms with Crippen molar-refractivity contribution in [2.24, 2.45) is 0 Å². The van der Waals surface area contributed by atoms with Crippen LogP contribution in [0.15, 0.2) is 78.8 Å². The van der Waals surface area contributed by atoms with Gasteiger partial charge < -0.3 is 8.83 Å². The number of aromatic nitrogens is 2. The summed E-state index contributed by atoms with van der Waals surface area (Å²) in [4.78, 5) is 9.78. The molecule has 5 aromatic rings. The number of hydrogen-bond acceptors (Lipinski definition) is 4. The number of benzene rings is 2. The lowest BCUT2D eigenvalue weighted by atomic mass is 10.1. The summed E-state index contributed by atoms with van der Waals surface area (Å²) in [7, 11) is 0. The largest absolute Gasteiger partial charge is 0.463 e. The average molecular weight is 470 g/mol. The van der Waals surface area contributed by atoms with E-state index in [1.165, 1.54) is 0 Å². The van der Waals surface area contributed by atoms with E-state index in [9.17, 15) is 0 Å². The van der Waals surface area contributed by atoms with Crippen molar-refractivity contribution >= 4 is 53.7 Å². The number of halogens is 2. The molecule has 3 aromatic heterocycles. The lowest BCUT2D eigenvalue weighted by molar-refractivity contribution is 0.572. The van der Waals surface area contributed by atoms with Gasteiger partial charge in [0.25, 0.3) is 0 Å². The summed E-state index contributed by atoms with van der Waals surface area (Å²) in [5.41, 5.74) is 2.80. The molecule has 4 nitrogen and oxygen atoms in total. The third-order valence-corrected chi connectivity index (χ3v) is 5.83. The molecule has 2 aromatic carbocycles. The molecular formula is C20H10Br2N2O2. The maximum absolute atomic E-state index is 5.59. The van der Waals surface area contributed by atoms with E-state index in [1.807, 2.05) is 36.4 Å². The predicted octanol–water partition coefficient (Wildman–Crippen LogP) is 6.83. The molecular weight excluding hydrogens is 460 g/mol. The second-order valence-corrected chi connectivity index (χ2v) is 7.33. The van der Waals surface area contributed by atoms with E-state index in [0.717, 1.165) is 30.8 Å². The van der Waals surface area contributed by atoms with E-state index in [4.69, 9.17) is 18.8 Å². The van der Waals surface area contributed by atoms with E-state index in [-0.39, 0.29) is 0 Å². The molecule has 0 saturated heterocycles. The molecule has 0 unspecified atom stereocenters. The summed E-state index contributed by atoms with van der Waals surface area (Å²) < 4.78 is 13.0. The molecule has 126 valence electrons. The Hall–Kier alpha value is -2.44. The number of rotatable bonds is 2. The van der Waals surface area contributed by atoms with Gasteiger partial charge in [-0.2, -0.15) is 0 Å². The van der Waals surface area contributed by atoms with E-state index < -0.39 is 0 Å². The number of furan rings is 2. The molecule has 26 heavy (non-hydrogen) atoms. The van der Waals surface area contributed by atoms with Gasteiger partial charge in [-0.1, -0.05) is 24.3 Å². The molecule has 5 rings (SSSR count). The summed E-state index contributed by atoms with van der Waals surface area (Å²) in [6.45, 7) is 0. The first-order valence-electron chi connectivity index (χ1n) is 7.89. The highest BCUT2D eigenvalue weighted by molar-refractivity contribution is 9.11. The second-order valence-electron chi connectivity index (χ2n) is 5.75. The van der Waals surface area contributed by atoms with Crippen LogP contribution in [-0.4, -0.2) is 9.97 Å². The smallest absolute Gasteiger partial charge is 0.154 e. The van der Waals surface area contributed by atoms with Gasteiger partial charge in [-0.3, -0.25) is 0 Å². The maximum Gasteiger partial charge on any atom is 0.154 e. The van der Waals surface area contributed by atoms with Crippen molar-refractivity contribution in [2.75, 3.05) is 0 Å². The summed E-state index contributed by atoms with van der Waals surface area (Å²) >= 11 is 7.42. The SMILES string of the molecule is Brc1c2ccccc2c(Br)c2nc(-c3ccco3)c(-c3ccco3)nc12. The van der Waals surface area contributed by atoms with E-state index in [0.29, 0.717) is 22.9 Å². The minimum absolute atomic E-state index is 0.639. The Balaban J connectivity index is 1.96. The van der Waals surface area contributed by atoms with Gasteiger partial charge in [0, 0.05) is 0 Å². The molecule has 0 amide bonds. The van der Waals surface area contributed by atoms with Crippen LogP contribution in [0, 0.1) is 0 Å². The lowest BCUT2D eigenvalue weighted by Crippen LogP contribution is -1.96. The van der Waals surface area contributed by atoms with Crippen molar-refractivity contribution in [3.05, 3.63) is 70.0 Å². The molecule has 0 aliphatic heterocycles. The predicted molar refractivity (Wildman–Crippen MR) is 108 cm³/mol. The number of nitrogens with zero attached hydrogens (tertiary/aromatic N) is 2. The van der Waals surface area contributed by atoms with E-state index in [2.05, 4.69) is 44.0 Å². The third kappa shape index (κ3) is 2.33. The highest BCUT2D eigenvalue weighted by Gasteiger charge is 2.21. The van der Waals surface area contributed by atoms with Crippen molar-refractivity contribution in [3.63, 3.8) is 0 Å². The van der Waals surface area contributed by atoms with Crippen molar-refractivity contribution in [1.29, 1.82) is 0 Å². The zero-order chi connectivity index (χ0) is 17.7. The minimum Gasteiger partial charge on any atom is -0.463 e. The van der Waals surface area contributed by atoms with Gasteiger partial charge in [-0.05, 0) is 66.9 Å². The molecule has 0 radical (unpaired) electrons. The van der Waals surface area contributed by atoms with Gasteiger partial charge >= 0.3 is 0 Å². The lowest BCUT2D eigenvalue weighted by Gasteiger charge is -2.12. The van der Waals surface area contributed by atoms with Crippen LogP contribution in [-0.2, 0) is 0 Å². The molecule has 3 heterocycles. The Morgan fingerprint density at radius 2 is 1.08 bits per heavy atom. The van der Waals surface area contributed by atoms with Gasteiger partial charge in [0.05, 0.1) is 21.5 Å². The van der Waals surface area contributed by atoms with Gasteiger partial charge in [-0.25, -0.2) is 9.97 Å². The molecule has 0 fully saturated rings. The molecule has 0 spiro atoms. The molecule has 0 bridgehead atoms. The van der Waals surface area contributed by atoms with Gasteiger partial charge in [0.15, 0.2) is 11.5 Å². The Bertz CT molecular complexity index is 1150. The summed E-state index contributed by atoms with van der Waals surface area (Å²) in [6, 6.07) is 15.5. The van der Waals surface area contributed by atoms with Crippen LogP contribution in [0.5, 0.6) is 0 Å². The van der Waals surface area contributed by atoms with Crippen LogP contribution in [0.25, 0.3) is 44.7 Å². The van der Waals surface area contributed by atoms with Crippen LogP contribution < -0.4 is 0 Å². The monoisotopic (exact) mass is 468 g/mol. The Kier molecular flexibility index (Phi) is 3.69. The number of hydrogen-bond donors (Lipinski definition) is 0. The Morgan fingerprint density at radius 1 is 0.615 bits per heavy atom. The first kappa shape index (κ1) is 15.8. The van der Waals surface area contributed by atoms with Gasteiger partial charge in [0.1, 0.15) is 22.4 Å². The van der Waals surface area contributed by atoms with Crippen LogP contribution in [0.4, 0.5) is 0 Å². The maximum atomic E-state index is 5.59. The van der Waals surface area contributed by atoms with Crippen LogP contribution in [0.1, 0.15) is 0 Å². The quantitative estimate of drug-likeness (QED) is 0.266. The van der Waals surface area contributed by atoms with Crippen molar-refractivity contribution in [1.82, 2.24) is 9.97 Å². The second kappa shape index (κ2) is 6.07. The minimum atomic E-state index is 0.639. The highest BCUT2D eigenvalue weighted by Crippen LogP contribution is 2.40. The third-order valence-electron chi connectivity index (χ3n) is 4.22. The standard InChI is InChI=1S/C20H10Br2N2O2/c21-15-11-5-1-2-6-12(11)16(22)20-19(15)23-17(13-7-3-9-25-13)18(24-20)14-8-4-10-26-14/h1-10H. The van der Waals surface area contributed by atoms with Crippen LogP contribution in [0.2, 0.25) is 0 Å². The van der Waals surface area contributed by atoms with Crippen molar-refractivity contribution < 1.29 is 8.83 Å². The molecule has 0 N–H and O–H groups in total. The van der Waals surface area contributed by atoms with Crippen LogP contribution in [0.3, 0.4) is 0 Å². The summed E-state index contributed by atoms with van der Waals surface area (Å²) in [6.07, 6.45) is 3.25. The topological polar surface area (TPSA) is 52.1 Å². The summed E-state index contributed by atoms with van der Waals surface area (Å²) in [5.74, 6) is 1.28. The van der Waals surface area contributed by atoms with Crippen LogP contribution >= 0.6 is 31.9 Å². The first-order chi connectivity index (χ1) is 12.7. The Morgan fingerprint density at radius 3 is 1.46 bits per heavy atom. The highest BCUT2D eigenvalue weighted by atomic mass is 79.9. The van der Waals surface area contributed by atoms with E-state index in [1.54, 1.807) is 12.5 Å².